The van der Waals surface area contributed by atoms with Gasteiger partial charge in [0.05, 0.1) is 11.9 Å². The van der Waals surface area contributed by atoms with Gasteiger partial charge >= 0.3 is 0 Å². The third-order valence-electron chi connectivity index (χ3n) is 4.58. The molecule has 0 amide bonds. The lowest BCUT2D eigenvalue weighted by molar-refractivity contribution is -0.0267. The van der Waals surface area contributed by atoms with Crippen molar-refractivity contribution in [1.82, 2.24) is 4.31 Å². The minimum Gasteiger partial charge on any atom is -0.390 e. The Morgan fingerprint density at radius 2 is 1.95 bits per heavy atom. The fraction of sp³-hybridized carbons (Fsp3) is 1.00. The molecule has 0 spiro atoms. The summed E-state index contributed by atoms with van der Waals surface area (Å²) in [4.78, 5) is 0. The zero-order valence-electron chi connectivity index (χ0n) is 11.7. The van der Waals surface area contributed by atoms with Gasteiger partial charge in [-0.3, -0.25) is 0 Å². The Morgan fingerprint density at radius 3 is 2.53 bits per heavy atom. The summed E-state index contributed by atoms with van der Waals surface area (Å²) in [5.41, 5.74) is 5.25. The molecule has 0 aromatic carbocycles. The van der Waals surface area contributed by atoms with Crippen LogP contribution in [0.1, 0.15) is 44.9 Å². The van der Waals surface area contributed by atoms with E-state index in [4.69, 9.17) is 5.73 Å². The number of rotatable bonds is 3. The van der Waals surface area contributed by atoms with Crippen LogP contribution < -0.4 is 5.73 Å². The van der Waals surface area contributed by atoms with Gasteiger partial charge in [-0.05, 0) is 50.9 Å². The molecule has 1 atom stereocenters. The van der Waals surface area contributed by atoms with Gasteiger partial charge in [-0.2, -0.15) is 0 Å². The van der Waals surface area contributed by atoms with Crippen molar-refractivity contribution in [3.05, 3.63) is 0 Å². The van der Waals surface area contributed by atoms with Crippen molar-refractivity contribution in [3.8, 4) is 0 Å². The highest BCUT2D eigenvalue weighted by molar-refractivity contribution is 7.88. The Hall–Kier alpha value is -0.170. The molecule has 0 bridgehead atoms. The molecule has 2 rings (SSSR count). The van der Waals surface area contributed by atoms with E-state index in [-0.39, 0.29) is 12.0 Å². The van der Waals surface area contributed by atoms with Crippen LogP contribution in [-0.4, -0.2) is 48.8 Å². The Kier molecular flexibility index (Phi) is 4.55. The van der Waals surface area contributed by atoms with E-state index in [9.17, 15) is 13.5 Å². The van der Waals surface area contributed by atoms with Gasteiger partial charge in [0.2, 0.25) is 10.0 Å². The normalized spacial score (nSPS) is 38.3. The maximum absolute atomic E-state index is 11.6. The van der Waals surface area contributed by atoms with Gasteiger partial charge in [0.25, 0.3) is 0 Å². The highest BCUT2D eigenvalue weighted by atomic mass is 32.2. The average Bonchev–Trinajstić information content (AvgIpc) is 2.33. The summed E-state index contributed by atoms with van der Waals surface area (Å²) in [5.74, 6) is 0.280. The number of nitrogens with zero attached hydrogens (tertiary/aromatic N) is 1. The van der Waals surface area contributed by atoms with Crippen molar-refractivity contribution in [2.75, 3.05) is 19.3 Å². The second kappa shape index (κ2) is 5.68. The lowest BCUT2D eigenvalue weighted by Gasteiger charge is -2.40. The first-order chi connectivity index (χ1) is 8.78. The molecule has 1 saturated carbocycles. The first kappa shape index (κ1) is 15.2. The second-order valence-corrected chi connectivity index (χ2v) is 8.38. The molecular formula is C13H26N2O3S. The SMILES string of the molecule is CS(=O)(=O)N1CCCC(CC2(O)CCC(N)CC2)C1. The average molecular weight is 290 g/mol. The lowest BCUT2D eigenvalue weighted by Crippen LogP contribution is -2.45. The molecule has 0 radical (unpaired) electrons. The van der Waals surface area contributed by atoms with Crippen LogP contribution in [0.5, 0.6) is 0 Å². The summed E-state index contributed by atoms with van der Waals surface area (Å²) in [6, 6.07) is 0.221. The summed E-state index contributed by atoms with van der Waals surface area (Å²) in [6.07, 6.45) is 7.15. The van der Waals surface area contributed by atoms with Crippen molar-refractivity contribution in [2.45, 2.75) is 56.6 Å². The molecule has 1 saturated heterocycles. The third kappa shape index (κ3) is 4.15. The standard InChI is InChI=1S/C13H26N2O3S/c1-19(17,18)15-8-2-3-11(10-15)9-13(16)6-4-12(14)5-7-13/h11-12,16H,2-10,14H2,1H3. The second-order valence-electron chi connectivity index (χ2n) is 6.40. The predicted molar refractivity (Wildman–Crippen MR) is 75.2 cm³/mol. The van der Waals surface area contributed by atoms with Crippen molar-refractivity contribution in [2.24, 2.45) is 11.7 Å². The van der Waals surface area contributed by atoms with E-state index in [0.29, 0.717) is 19.5 Å². The maximum atomic E-state index is 11.6. The molecule has 1 aliphatic carbocycles. The van der Waals surface area contributed by atoms with Crippen molar-refractivity contribution in [3.63, 3.8) is 0 Å². The minimum absolute atomic E-state index is 0.221. The Morgan fingerprint density at radius 1 is 1.32 bits per heavy atom. The topological polar surface area (TPSA) is 83.6 Å². The lowest BCUT2D eigenvalue weighted by atomic mass is 9.76. The molecule has 19 heavy (non-hydrogen) atoms. The van der Waals surface area contributed by atoms with Gasteiger partial charge in [0.15, 0.2) is 0 Å². The molecule has 2 aliphatic rings. The molecule has 1 heterocycles. The van der Waals surface area contributed by atoms with Gasteiger partial charge in [0.1, 0.15) is 0 Å². The summed E-state index contributed by atoms with van der Waals surface area (Å²) < 4.78 is 24.7. The molecule has 1 unspecified atom stereocenters. The van der Waals surface area contributed by atoms with E-state index in [0.717, 1.165) is 38.5 Å². The van der Waals surface area contributed by atoms with Crippen molar-refractivity contribution in [1.29, 1.82) is 0 Å². The molecule has 0 aromatic heterocycles. The van der Waals surface area contributed by atoms with Gasteiger partial charge in [-0.1, -0.05) is 0 Å². The Bertz CT molecular complexity index is 402. The van der Waals surface area contributed by atoms with E-state index in [1.165, 1.54) is 6.26 Å². The molecule has 112 valence electrons. The maximum Gasteiger partial charge on any atom is 0.211 e. The number of nitrogens with two attached hydrogens (primary N) is 1. The zero-order valence-corrected chi connectivity index (χ0v) is 12.5. The van der Waals surface area contributed by atoms with E-state index in [2.05, 4.69) is 0 Å². The third-order valence-corrected chi connectivity index (χ3v) is 5.85. The molecule has 1 aliphatic heterocycles. The number of hydrogen-bond acceptors (Lipinski definition) is 4. The summed E-state index contributed by atoms with van der Waals surface area (Å²) in [7, 11) is -3.10. The molecular weight excluding hydrogens is 264 g/mol. The van der Waals surface area contributed by atoms with Crippen LogP contribution >= 0.6 is 0 Å². The molecule has 6 heteroatoms. The van der Waals surface area contributed by atoms with Crippen LogP contribution in [0.2, 0.25) is 0 Å². The first-order valence-corrected chi connectivity index (χ1v) is 9.06. The summed E-state index contributed by atoms with van der Waals surface area (Å²) >= 11 is 0. The molecule has 3 N–H and O–H groups in total. The fourth-order valence-electron chi connectivity index (χ4n) is 3.41. The number of hydrogen-bond donors (Lipinski definition) is 2. The van der Waals surface area contributed by atoms with Gasteiger partial charge in [-0.15, -0.1) is 0 Å². The highest BCUT2D eigenvalue weighted by Crippen LogP contribution is 2.35. The van der Waals surface area contributed by atoms with Crippen LogP contribution in [0.15, 0.2) is 0 Å². The Balaban J connectivity index is 1.92. The largest absolute Gasteiger partial charge is 0.390 e. The van der Waals surface area contributed by atoms with Crippen LogP contribution in [0.25, 0.3) is 0 Å². The van der Waals surface area contributed by atoms with Crippen molar-refractivity contribution < 1.29 is 13.5 Å². The fourth-order valence-corrected chi connectivity index (χ4v) is 4.36. The first-order valence-electron chi connectivity index (χ1n) is 7.22. The van der Waals surface area contributed by atoms with Gasteiger partial charge in [-0.25, -0.2) is 12.7 Å². The van der Waals surface area contributed by atoms with E-state index in [1.807, 2.05) is 0 Å². The van der Waals surface area contributed by atoms with E-state index < -0.39 is 15.6 Å². The monoisotopic (exact) mass is 290 g/mol. The molecule has 0 aromatic rings. The highest BCUT2D eigenvalue weighted by Gasteiger charge is 2.36. The number of piperidine rings is 1. The van der Waals surface area contributed by atoms with E-state index in [1.54, 1.807) is 4.31 Å². The zero-order chi connectivity index (χ0) is 14.1. The summed E-state index contributed by atoms with van der Waals surface area (Å²) in [6.45, 7) is 1.19. The van der Waals surface area contributed by atoms with Gasteiger partial charge < -0.3 is 10.8 Å². The number of sulfonamides is 1. The predicted octanol–water partition coefficient (Wildman–Crippen LogP) is 0.680. The molecule has 5 nitrogen and oxygen atoms in total. The summed E-state index contributed by atoms with van der Waals surface area (Å²) in [5, 5.41) is 10.6. The van der Waals surface area contributed by atoms with Crippen LogP contribution in [0, 0.1) is 5.92 Å². The van der Waals surface area contributed by atoms with Gasteiger partial charge in [0, 0.05) is 19.1 Å². The van der Waals surface area contributed by atoms with Crippen LogP contribution in [0.3, 0.4) is 0 Å². The smallest absolute Gasteiger partial charge is 0.211 e. The molecule has 2 fully saturated rings. The van der Waals surface area contributed by atoms with Crippen LogP contribution in [-0.2, 0) is 10.0 Å². The minimum atomic E-state index is -3.10. The van der Waals surface area contributed by atoms with Crippen LogP contribution in [0.4, 0.5) is 0 Å². The van der Waals surface area contributed by atoms with E-state index >= 15 is 0 Å². The Labute approximate surface area is 116 Å². The number of aliphatic hydroxyl groups is 1. The quantitative estimate of drug-likeness (QED) is 0.800. The van der Waals surface area contributed by atoms with Crippen molar-refractivity contribution >= 4 is 10.0 Å².